The van der Waals surface area contributed by atoms with E-state index in [4.69, 9.17) is 0 Å². The Morgan fingerprint density at radius 2 is 2.13 bits per heavy atom. The third-order valence-corrected chi connectivity index (χ3v) is 2.77. The number of likely N-dealkylation sites (tertiary alicyclic amines) is 1. The molecule has 4 nitrogen and oxygen atoms in total. The van der Waals surface area contributed by atoms with Crippen LogP contribution in [0.2, 0.25) is 0 Å². The van der Waals surface area contributed by atoms with E-state index in [-0.39, 0.29) is 5.91 Å². The Bertz CT molecular complexity index is 223. The van der Waals surface area contributed by atoms with Crippen molar-refractivity contribution in [3.05, 3.63) is 0 Å². The highest BCUT2D eigenvalue weighted by Crippen LogP contribution is 2.23. The first kappa shape index (κ1) is 12.5. The molecule has 0 spiro atoms. The van der Waals surface area contributed by atoms with Gasteiger partial charge >= 0.3 is 0 Å². The fourth-order valence-corrected chi connectivity index (χ4v) is 1.70. The lowest BCUT2D eigenvalue weighted by Gasteiger charge is -2.45. The molecule has 1 fully saturated rings. The Morgan fingerprint density at radius 1 is 1.53 bits per heavy atom. The monoisotopic (exact) mass is 214 g/mol. The minimum atomic E-state index is -0.543. The maximum absolute atomic E-state index is 11.4. The van der Waals surface area contributed by atoms with Crippen molar-refractivity contribution >= 4 is 5.91 Å². The van der Waals surface area contributed by atoms with Crippen molar-refractivity contribution in [1.82, 2.24) is 10.2 Å². The van der Waals surface area contributed by atoms with Crippen molar-refractivity contribution in [1.29, 1.82) is 0 Å². The third kappa shape index (κ3) is 3.80. The summed E-state index contributed by atoms with van der Waals surface area (Å²) in [6, 6.07) is 0. The van der Waals surface area contributed by atoms with Crippen LogP contribution in [0, 0.1) is 5.92 Å². The number of nitrogens with one attached hydrogen (secondary N) is 1. The van der Waals surface area contributed by atoms with Gasteiger partial charge in [0.15, 0.2) is 0 Å². The summed E-state index contributed by atoms with van der Waals surface area (Å²) in [7, 11) is 0. The summed E-state index contributed by atoms with van der Waals surface area (Å²) in [6.07, 6.45) is 0.761. The fourth-order valence-electron chi connectivity index (χ4n) is 1.70. The van der Waals surface area contributed by atoms with Crippen molar-refractivity contribution in [2.45, 2.75) is 32.8 Å². The largest absolute Gasteiger partial charge is 0.387 e. The van der Waals surface area contributed by atoms with Gasteiger partial charge in [0.2, 0.25) is 5.91 Å². The van der Waals surface area contributed by atoms with Crippen LogP contribution in [0.3, 0.4) is 0 Å². The van der Waals surface area contributed by atoms with Gasteiger partial charge in [-0.15, -0.1) is 0 Å². The molecule has 1 amide bonds. The quantitative estimate of drug-likeness (QED) is 0.688. The van der Waals surface area contributed by atoms with Crippen molar-refractivity contribution in [3.8, 4) is 0 Å². The molecule has 0 aromatic heterocycles. The fraction of sp³-hybridized carbons (Fsp3) is 0.909. The zero-order chi connectivity index (χ0) is 11.5. The number of aliphatic hydroxyl groups is 1. The first-order valence-corrected chi connectivity index (χ1v) is 5.66. The number of β-amino-alcohol motifs (C(OH)–C–C–N with tert-alkyl or cyclic N) is 1. The van der Waals surface area contributed by atoms with E-state index in [1.165, 1.54) is 0 Å². The molecule has 1 aliphatic heterocycles. The summed E-state index contributed by atoms with van der Waals surface area (Å²) in [4.78, 5) is 13.4. The van der Waals surface area contributed by atoms with E-state index >= 15 is 0 Å². The van der Waals surface area contributed by atoms with Gasteiger partial charge in [0.1, 0.15) is 0 Å². The van der Waals surface area contributed by atoms with Gasteiger partial charge < -0.3 is 10.4 Å². The molecule has 0 saturated carbocycles. The number of carbonyl (C=O) groups excluding carboxylic acids is 1. The first-order chi connectivity index (χ1) is 6.95. The zero-order valence-corrected chi connectivity index (χ0v) is 9.92. The van der Waals surface area contributed by atoms with E-state index in [2.05, 4.69) is 19.2 Å². The van der Waals surface area contributed by atoms with Gasteiger partial charge in [0.05, 0.1) is 12.1 Å². The molecule has 0 aromatic carbocycles. The van der Waals surface area contributed by atoms with E-state index in [0.29, 0.717) is 25.6 Å². The standard InChI is InChI=1S/C11H22N2O2/c1-4-11(15)7-13(8-11)6-10(14)12-5-9(2)3/h9,15H,4-8H2,1-3H3,(H,12,14). The summed E-state index contributed by atoms with van der Waals surface area (Å²) in [5, 5.41) is 12.6. The summed E-state index contributed by atoms with van der Waals surface area (Å²) in [5.41, 5.74) is -0.543. The Labute approximate surface area is 91.6 Å². The van der Waals surface area contributed by atoms with Crippen LogP contribution in [0.4, 0.5) is 0 Å². The average molecular weight is 214 g/mol. The van der Waals surface area contributed by atoms with Crippen LogP contribution in [0.15, 0.2) is 0 Å². The predicted molar refractivity (Wildman–Crippen MR) is 59.5 cm³/mol. The highest BCUT2D eigenvalue weighted by molar-refractivity contribution is 5.78. The second-order valence-electron chi connectivity index (χ2n) is 4.92. The molecule has 15 heavy (non-hydrogen) atoms. The molecule has 1 rings (SSSR count). The Balaban J connectivity index is 2.14. The van der Waals surface area contributed by atoms with Gasteiger partial charge in [0, 0.05) is 19.6 Å². The lowest BCUT2D eigenvalue weighted by atomic mass is 9.91. The Kier molecular flexibility index (Phi) is 4.11. The van der Waals surface area contributed by atoms with Crippen LogP contribution in [-0.2, 0) is 4.79 Å². The predicted octanol–water partition coefficient (Wildman–Crippen LogP) is 0.215. The average Bonchev–Trinajstić information content (AvgIpc) is 2.12. The van der Waals surface area contributed by atoms with Gasteiger partial charge in [0.25, 0.3) is 0 Å². The Morgan fingerprint density at radius 3 is 2.60 bits per heavy atom. The molecule has 0 atom stereocenters. The van der Waals surface area contributed by atoms with E-state index in [0.717, 1.165) is 13.0 Å². The number of nitrogens with zero attached hydrogens (tertiary/aromatic N) is 1. The maximum atomic E-state index is 11.4. The molecule has 0 aliphatic carbocycles. The molecule has 0 unspecified atom stereocenters. The van der Waals surface area contributed by atoms with Crippen molar-refractivity contribution < 1.29 is 9.90 Å². The van der Waals surface area contributed by atoms with E-state index in [1.807, 2.05) is 11.8 Å². The highest BCUT2D eigenvalue weighted by atomic mass is 16.3. The van der Waals surface area contributed by atoms with Crippen molar-refractivity contribution in [2.24, 2.45) is 5.92 Å². The highest BCUT2D eigenvalue weighted by Gasteiger charge is 2.39. The summed E-state index contributed by atoms with van der Waals surface area (Å²) < 4.78 is 0. The van der Waals surface area contributed by atoms with Gasteiger partial charge in [-0.2, -0.15) is 0 Å². The van der Waals surface area contributed by atoms with Crippen LogP contribution < -0.4 is 5.32 Å². The van der Waals surface area contributed by atoms with E-state index < -0.39 is 5.60 Å². The molecule has 1 aliphatic rings. The molecule has 0 bridgehead atoms. The zero-order valence-electron chi connectivity index (χ0n) is 9.92. The van der Waals surface area contributed by atoms with E-state index in [9.17, 15) is 9.90 Å². The molecule has 0 aromatic rings. The van der Waals surface area contributed by atoms with Crippen LogP contribution in [0.1, 0.15) is 27.2 Å². The van der Waals surface area contributed by atoms with Gasteiger partial charge in [-0.25, -0.2) is 0 Å². The maximum Gasteiger partial charge on any atom is 0.234 e. The van der Waals surface area contributed by atoms with Gasteiger partial charge in [-0.1, -0.05) is 20.8 Å². The minimum Gasteiger partial charge on any atom is -0.387 e. The summed E-state index contributed by atoms with van der Waals surface area (Å²) >= 11 is 0. The SMILES string of the molecule is CCC1(O)CN(CC(=O)NCC(C)C)C1. The number of hydrogen-bond donors (Lipinski definition) is 2. The number of carbonyl (C=O) groups is 1. The molecular weight excluding hydrogens is 192 g/mol. The van der Waals surface area contributed by atoms with Gasteiger partial charge in [-0.05, 0) is 12.3 Å². The molecule has 4 heteroatoms. The molecule has 2 N–H and O–H groups in total. The van der Waals surface area contributed by atoms with E-state index in [1.54, 1.807) is 0 Å². The van der Waals surface area contributed by atoms with Crippen molar-refractivity contribution in [2.75, 3.05) is 26.2 Å². The molecule has 0 radical (unpaired) electrons. The second kappa shape index (κ2) is 4.94. The molecule has 1 saturated heterocycles. The van der Waals surface area contributed by atoms with Crippen LogP contribution in [0.25, 0.3) is 0 Å². The number of amides is 1. The lowest BCUT2D eigenvalue weighted by Crippen LogP contribution is -2.63. The topological polar surface area (TPSA) is 52.6 Å². The normalized spacial score (nSPS) is 20.1. The number of rotatable bonds is 5. The van der Waals surface area contributed by atoms with Crippen LogP contribution in [0.5, 0.6) is 0 Å². The molecule has 1 heterocycles. The summed E-state index contributed by atoms with van der Waals surface area (Å²) in [5.74, 6) is 0.541. The smallest absolute Gasteiger partial charge is 0.234 e. The van der Waals surface area contributed by atoms with Crippen LogP contribution in [-0.4, -0.2) is 47.7 Å². The van der Waals surface area contributed by atoms with Crippen LogP contribution >= 0.6 is 0 Å². The number of hydrogen-bond acceptors (Lipinski definition) is 3. The first-order valence-electron chi connectivity index (χ1n) is 5.66. The molecule has 88 valence electrons. The van der Waals surface area contributed by atoms with Gasteiger partial charge in [-0.3, -0.25) is 9.69 Å². The Hall–Kier alpha value is -0.610. The second-order valence-corrected chi connectivity index (χ2v) is 4.92. The molecular formula is C11H22N2O2. The van der Waals surface area contributed by atoms with Crippen molar-refractivity contribution in [3.63, 3.8) is 0 Å². The lowest BCUT2D eigenvalue weighted by molar-refractivity contribution is -0.133. The third-order valence-electron chi connectivity index (χ3n) is 2.77. The summed E-state index contributed by atoms with van der Waals surface area (Å²) in [6.45, 7) is 8.49. The minimum absolute atomic E-state index is 0.0573.